The summed E-state index contributed by atoms with van der Waals surface area (Å²) < 4.78 is 36.0. The van der Waals surface area contributed by atoms with Gasteiger partial charge in [0.25, 0.3) is 0 Å². The molecule has 0 spiro atoms. The van der Waals surface area contributed by atoms with Crippen LogP contribution in [-0.2, 0) is 0 Å². The number of hydrogen-bond donors (Lipinski definition) is 1. The summed E-state index contributed by atoms with van der Waals surface area (Å²) in [5, 5.41) is 2.80. The Labute approximate surface area is 103 Å². The highest BCUT2D eigenvalue weighted by Gasteiger charge is 2.27. The maximum absolute atomic E-state index is 11.8. The molecule has 16 heavy (non-hydrogen) atoms. The molecule has 1 aromatic rings. The van der Waals surface area contributed by atoms with Crippen molar-refractivity contribution in [3.63, 3.8) is 0 Å². The molecule has 1 N–H and O–H groups in total. The Morgan fingerprint density at radius 2 is 2.12 bits per heavy atom. The Morgan fingerprint density at radius 1 is 1.44 bits per heavy atom. The van der Waals surface area contributed by atoms with Gasteiger partial charge in [0.15, 0.2) is 0 Å². The number of nitrogens with zero attached hydrogens (tertiary/aromatic N) is 2. The van der Waals surface area contributed by atoms with E-state index in [2.05, 4.69) is 31.2 Å². The zero-order chi connectivity index (χ0) is 12.2. The molecule has 0 saturated carbocycles. The van der Waals surface area contributed by atoms with Crippen LogP contribution in [0.25, 0.3) is 0 Å². The normalized spacial score (nSPS) is 11.6. The molecule has 0 aliphatic heterocycles. The van der Waals surface area contributed by atoms with Crippen molar-refractivity contribution in [3.05, 3.63) is 16.5 Å². The van der Waals surface area contributed by atoms with Crippen LogP contribution in [0.15, 0.2) is 10.7 Å². The lowest BCUT2D eigenvalue weighted by molar-refractivity contribution is -0.0327. The molecule has 90 valence electrons. The second kappa shape index (κ2) is 5.72. The van der Waals surface area contributed by atoms with E-state index in [-0.39, 0.29) is 24.1 Å². The monoisotopic (exact) mass is 315 g/mol. The van der Waals surface area contributed by atoms with Gasteiger partial charge < -0.3 is 5.32 Å². The molecule has 0 aromatic carbocycles. The van der Waals surface area contributed by atoms with Crippen molar-refractivity contribution in [2.24, 2.45) is 0 Å². The first-order chi connectivity index (χ1) is 7.37. The topological polar surface area (TPSA) is 37.8 Å². The molecule has 0 atom stereocenters. The van der Waals surface area contributed by atoms with Crippen molar-refractivity contribution in [2.45, 2.75) is 12.4 Å². The van der Waals surface area contributed by atoms with Crippen molar-refractivity contribution in [3.8, 4) is 0 Å². The maximum Gasteiger partial charge on any atom is 0.441 e. The molecule has 0 unspecified atom stereocenters. The molecular formula is C8H9BrF3N3S. The molecular weight excluding hydrogens is 307 g/mol. The third-order valence-corrected chi connectivity index (χ3v) is 2.62. The van der Waals surface area contributed by atoms with Crippen LogP contribution in [0.2, 0.25) is 0 Å². The highest BCUT2D eigenvalue weighted by molar-refractivity contribution is 9.10. The fraction of sp³-hybridized carbons (Fsp3) is 0.500. The zero-order valence-corrected chi connectivity index (χ0v) is 10.7. The summed E-state index contributed by atoms with van der Waals surface area (Å²) in [6.45, 7) is 1.91. The number of thioether (sulfide) groups is 1. The smallest absolute Gasteiger partial charge is 0.369 e. The van der Waals surface area contributed by atoms with E-state index in [4.69, 9.17) is 0 Å². The standard InChI is InChI=1S/C8H9BrF3N3S/c1-5-14-6(9)4-7(15-5)13-2-3-16-8(10,11)12/h4H,2-3H2,1H3,(H,13,14,15). The van der Waals surface area contributed by atoms with Gasteiger partial charge in [-0.2, -0.15) is 13.2 Å². The van der Waals surface area contributed by atoms with Crippen LogP contribution >= 0.6 is 27.7 Å². The molecule has 0 fully saturated rings. The molecule has 8 heteroatoms. The molecule has 3 nitrogen and oxygen atoms in total. The molecule has 0 aliphatic carbocycles. The van der Waals surface area contributed by atoms with Gasteiger partial charge in [-0.25, -0.2) is 9.97 Å². The third-order valence-electron chi connectivity index (χ3n) is 1.48. The number of alkyl halides is 3. The molecule has 0 aliphatic rings. The van der Waals surface area contributed by atoms with Crippen molar-refractivity contribution >= 4 is 33.5 Å². The minimum Gasteiger partial charge on any atom is -0.369 e. The fourth-order valence-electron chi connectivity index (χ4n) is 0.968. The van der Waals surface area contributed by atoms with E-state index in [1.54, 1.807) is 13.0 Å². The highest BCUT2D eigenvalue weighted by atomic mass is 79.9. The lowest BCUT2D eigenvalue weighted by Crippen LogP contribution is -2.10. The van der Waals surface area contributed by atoms with Crippen LogP contribution in [0, 0.1) is 6.92 Å². The minimum atomic E-state index is -4.18. The average Bonchev–Trinajstić information content (AvgIpc) is 2.09. The predicted molar refractivity (Wildman–Crippen MR) is 61.5 cm³/mol. The van der Waals surface area contributed by atoms with Crippen LogP contribution < -0.4 is 5.32 Å². The molecule has 0 radical (unpaired) electrons. The van der Waals surface area contributed by atoms with Gasteiger partial charge in [-0.1, -0.05) is 0 Å². The van der Waals surface area contributed by atoms with Gasteiger partial charge in [0.2, 0.25) is 0 Å². The van der Waals surface area contributed by atoms with Gasteiger partial charge in [0.05, 0.1) is 0 Å². The van der Waals surface area contributed by atoms with E-state index in [1.807, 2.05) is 0 Å². The van der Waals surface area contributed by atoms with E-state index in [0.29, 0.717) is 16.2 Å². The van der Waals surface area contributed by atoms with Gasteiger partial charge in [-0.05, 0) is 34.6 Å². The summed E-state index contributed by atoms with van der Waals surface area (Å²) in [7, 11) is 0. The summed E-state index contributed by atoms with van der Waals surface area (Å²) in [5.41, 5.74) is -4.18. The fourth-order valence-corrected chi connectivity index (χ4v) is 1.88. The maximum atomic E-state index is 11.8. The van der Waals surface area contributed by atoms with Gasteiger partial charge >= 0.3 is 5.51 Å². The predicted octanol–water partition coefficient (Wildman–Crippen LogP) is 3.21. The van der Waals surface area contributed by atoms with Crippen molar-refractivity contribution in [1.29, 1.82) is 0 Å². The Hall–Kier alpha value is -0.500. The van der Waals surface area contributed by atoms with Crippen LogP contribution in [-0.4, -0.2) is 27.8 Å². The lowest BCUT2D eigenvalue weighted by atomic mass is 10.5. The van der Waals surface area contributed by atoms with E-state index in [9.17, 15) is 13.2 Å². The minimum absolute atomic E-state index is 0.0514. The second-order valence-electron chi connectivity index (χ2n) is 2.84. The number of anilines is 1. The first kappa shape index (κ1) is 13.6. The van der Waals surface area contributed by atoms with Gasteiger partial charge in [-0.3, -0.25) is 0 Å². The number of aromatic nitrogens is 2. The zero-order valence-electron chi connectivity index (χ0n) is 8.31. The largest absolute Gasteiger partial charge is 0.441 e. The van der Waals surface area contributed by atoms with Crippen molar-refractivity contribution < 1.29 is 13.2 Å². The quantitative estimate of drug-likeness (QED) is 0.684. The number of aryl methyl sites for hydroxylation is 1. The number of halogens is 4. The second-order valence-corrected chi connectivity index (χ2v) is 4.82. The summed E-state index contributed by atoms with van der Waals surface area (Å²) in [5.74, 6) is 1.02. The lowest BCUT2D eigenvalue weighted by Gasteiger charge is -2.07. The number of rotatable bonds is 4. The Balaban J connectivity index is 2.37. The number of nitrogens with one attached hydrogen (secondary N) is 1. The SMILES string of the molecule is Cc1nc(Br)cc(NCCSC(F)(F)F)n1. The molecule has 0 amide bonds. The average molecular weight is 316 g/mol. The Bertz CT molecular complexity index is 339. The summed E-state index contributed by atoms with van der Waals surface area (Å²) in [4.78, 5) is 8.01. The van der Waals surface area contributed by atoms with E-state index < -0.39 is 5.51 Å². The third kappa shape index (κ3) is 5.55. The first-order valence-corrected chi connectivity index (χ1v) is 6.10. The summed E-state index contributed by atoms with van der Waals surface area (Å²) in [6.07, 6.45) is 0. The van der Waals surface area contributed by atoms with Crippen molar-refractivity contribution in [1.82, 2.24) is 9.97 Å². The Kier molecular flexibility index (Phi) is 4.85. The summed E-state index contributed by atoms with van der Waals surface area (Å²) >= 11 is 3.12. The molecule has 0 bridgehead atoms. The van der Waals surface area contributed by atoms with Crippen LogP contribution in [0.1, 0.15) is 5.82 Å². The van der Waals surface area contributed by atoms with Gasteiger partial charge in [0.1, 0.15) is 16.2 Å². The van der Waals surface area contributed by atoms with Crippen LogP contribution in [0.3, 0.4) is 0 Å². The first-order valence-electron chi connectivity index (χ1n) is 4.32. The van der Waals surface area contributed by atoms with Gasteiger partial charge in [-0.15, -0.1) is 0 Å². The molecule has 1 heterocycles. The molecule has 1 rings (SSSR count). The van der Waals surface area contributed by atoms with Gasteiger partial charge in [0, 0.05) is 18.4 Å². The van der Waals surface area contributed by atoms with E-state index in [0.717, 1.165) is 0 Å². The Morgan fingerprint density at radius 3 is 2.69 bits per heavy atom. The molecule has 0 saturated heterocycles. The number of hydrogen-bond acceptors (Lipinski definition) is 4. The molecule has 1 aromatic heterocycles. The van der Waals surface area contributed by atoms with E-state index in [1.165, 1.54) is 0 Å². The summed E-state index contributed by atoms with van der Waals surface area (Å²) in [6, 6.07) is 1.62. The van der Waals surface area contributed by atoms with E-state index >= 15 is 0 Å². The van der Waals surface area contributed by atoms with Crippen LogP contribution in [0.4, 0.5) is 19.0 Å². The van der Waals surface area contributed by atoms with Crippen molar-refractivity contribution in [2.75, 3.05) is 17.6 Å². The highest BCUT2D eigenvalue weighted by Crippen LogP contribution is 2.29. The van der Waals surface area contributed by atoms with Crippen LogP contribution in [0.5, 0.6) is 0 Å².